The Balaban J connectivity index is 1.79. The zero-order chi connectivity index (χ0) is 17.9. The predicted octanol–water partition coefficient (Wildman–Crippen LogP) is 5.10. The fourth-order valence-corrected chi connectivity index (χ4v) is 2.30. The van der Waals surface area contributed by atoms with Crippen LogP contribution in [-0.2, 0) is 0 Å². The van der Waals surface area contributed by atoms with Crippen molar-refractivity contribution in [3.63, 3.8) is 0 Å². The van der Waals surface area contributed by atoms with Crippen LogP contribution in [0.2, 0.25) is 0 Å². The van der Waals surface area contributed by atoms with E-state index in [0.29, 0.717) is 6.61 Å². The predicted molar refractivity (Wildman–Crippen MR) is 102 cm³/mol. The minimum atomic E-state index is 0.274. The van der Waals surface area contributed by atoms with Crippen LogP contribution < -0.4 is 9.64 Å². The van der Waals surface area contributed by atoms with E-state index in [4.69, 9.17) is 9.84 Å². The highest BCUT2D eigenvalue weighted by atomic mass is 16.5. The number of aliphatic hydroxyl groups is 1. The topological polar surface area (TPSA) is 57.4 Å². The summed E-state index contributed by atoms with van der Waals surface area (Å²) < 4.78 is 5.70. The highest BCUT2D eigenvalue weighted by molar-refractivity contribution is 5.52. The molecule has 2 aromatic carbocycles. The smallest absolute Gasteiger partial charge is 0.119 e. The Morgan fingerprint density at radius 1 is 0.800 bits per heavy atom. The first kappa shape index (κ1) is 18.9. The van der Waals surface area contributed by atoms with Gasteiger partial charge in [0.25, 0.3) is 0 Å². The fourth-order valence-electron chi connectivity index (χ4n) is 2.30. The van der Waals surface area contributed by atoms with Crippen LogP contribution in [0.5, 0.6) is 5.75 Å². The molecule has 134 valence electrons. The maximum absolute atomic E-state index is 8.73. The van der Waals surface area contributed by atoms with Gasteiger partial charge in [-0.15, -0.1) is 0 Å². The highest BCUT2D eigenvalue weighted by Gasteiger charge is 1.97. The first-order valence-corrected chi connectivity index (χ1v) is 8.72. The standard InChI is InChI=1S/C20H27N3O2/c1-23(2)19-11-7-17(8-12-19)21-22-18-9-13-20(14-10-18)25-16-6-4-3-5-15-24/h7-14,24H,3-6,15-16H2,1-2H3. The highest BCUT2D eigenvalue weighted by Crippen LogP contribution is 2.23. The van der Waals surface area contributed by atoms with Crippen LogP contribution in [0.3, 0.4) is 0 Å². The van der Waals surface area contributed by atoms with Gasteiger partial charge in [-0.3, -0.25) is 0 Å². The second-order valence-electron chi connectivity index (χ2n) is 6.09. The number of azo groups is 1. The third kappa shape index (κ3) is 6.93. The molecule has 5 heteroatoms. The first-order chi connectivity index (χ1) is 12.2. The molecule has 0 aliphatic carbocycles. The minimum Gasteiger partial charge on any atom is -0.494 e. The molecule has 2 rings (SSSR count). The molecule has 1 N–H and O–H groups in total. The van der Waals surface area contributed by atoms with E-state index in [1.807, 2.05) is 67.5 Å². The van der Waals surface area contributed by atoms with Crippen molar-refractivity contribution in [1.82, 2.24) is 0 Å². The summed E-state index contributed by atoms with van der Waals surface area (Å²) in [5.74, 6) is 0.844. The third-order valence-corrected chi connectivity index (χ3v) is 3.80. The largest absolute Gasteiger partial charge is 0.494 e. The number of hydrogen-bond donors (Lipinski definition) is 1. The van der Waals surface area contributed by atoms with Crippen molar-refractivity contribution in [3.05, 3.63) is 48.5 Å². The molecule has 0 unspecified atom stereocenters. The molecule has 0 saturated heterocycles. The van der Waals surface area contributed by atoms with E-state index in [9.17, 15) is 0 Å². The van der Waals surface area contributed by atoms with Gasteiger partial charge in [-0.25, -0.2) is 0 Å². The maximum atomic E-state index is 8.73. The van der Waals surface area contributed by atoms with Crippen molar-refractivity contribution in [2.45, 2.75) is 25.7 Å². The van der Waals surface area contributed by atoms with Crippen molar-refractivity contribution >= 4 is 17.1 Å². The van der Waals surface area contributed by atoms with Crippen LogP contribution in [0.1, 0.15) is 25.7 Å². The molecule has 0 aliphatic heterocycles. The summed E-state index contributed by atoms with van der Waals surface area (Å²) in [6.07, 6.45) is 4.01. The van der Waals surface area contributed by atoms with Crippen molar-refractivity contribution in [1.29, 1.82) is 0 Å². The van der Waals surface area contributed by atoms with E-state index in [-0.39, 0.29) is 6.61 Å². The van der Waals surface area contributed by atoms with E-state index in [0.717, 1.165) is 48.5 Å². The van der Waals surface area contributed by atoms with Gasteiger partial charge in [0.15, 0.2) is 0 Å². The van der Waals surface area contributed by atoms with Gasteiger partial charge in [-0.2, -0.15) is 10.2 Å². The summed E-state index contributed by atoms with van der Waals surface area (Å²) in [7, 11) is 4.02. The normalized spacial score (nSPS) is 11.0. The summed E-state index contributed by atoms with van der Waals surface area (Å²) in [5.41, 5.74) is 2.76. The molecule has 0 aliphatic rings. The van der Waals surface area contributed by atoms with E-state index in [1.165, 1.54) is 0 Å². The van der Waals surface area contributed by atoms with Crippen LogP contribution in [0.4, 0.5) is 17.1 Å². The molecule has 25 heavy (non-hydrogen) atoms. The lowest BCUT2D eigenvalue weighted by Crippen LogP contribution is -2.07. The zero-order valence-corrected chi connectivity index (χ0v) is 15.1. The molecule has 0 spiro atoms. The lowest BCUT2D eigenvalue weighted by atomic mass is 10.2. The number of rotatable bonds is 10. The Morgan fingerprint density at radius 2 is 1.36 bits per heavy atom. The molecular weight excluding hydrogens is 314 g/mol. The molecule has 5 nitrogen and oxygen atoms in total. The van der Waals surface area contributed by atoms with Crippen LogP contribution in [-0.4, -0.2) is 32.4 Å². The van der Waals surface area contributed by atoms with Gasteiger partial charge in [0, 0.05) is 26.4 Å². The summed E-state index contributed by atoms with van der Waals surface area (Å²) in [6.45, 7) is 0.973. The summed E-state index contributed by atoms with van der Waals surface area (Å²) in [6, 6.07) is 15.6. The molecule has 0 bridgehead atoms. The van der Waals surface area contributed by atoms with Crippen molar-refractivity contribution in [2.75, 3.05) is 32.2 Å². The molecular formula is C20H27N3O2. The number of nitrogens with zero attached hydrogens (tertiary/aromatic N) is 3. The Kier molecular flexibility index (Phi) is 7.92. The number of benzene rings is 2. The maximum Gasteiger partial charge on any atom is 0.119 e. The number of ether oxygens (including phenoxy) is 1. The van der Waals surface area contributed by atoms with Gasteiger partial charge in [0.2, 0.25) is 0 Å². The molecule has 0 atom stereocenters. The Bertz CT molecular complexity index is 637. The average molecular weight is 341 g/mol. The van der Waals surface area contributed by atoms with Crippen LogP contribution in [0, 0.1) is 0 Å². The summed E-state index contributed by atoms with van der Waals surface area (Å²) >= 11 is 0. The van der Waals surface area contributed by atoms with Gasteiger partial charge >= 0.3 is 0 Å². The second-order valence-corrected chi connectivity index (χ2v) is 6.09. The molecule has 0 radical (unpaired) electrons. The number of unbranched alkanes of at least 4 members (excludes halogenated alkanes) is 3. The lowest BCUT2D eigenvalue weighted by molar-refractivity contribution is 0.273. The van der Waals surface area contributed by atoms with Gasteiger partial charge < -0.3 is 14.7 Å². The number of hydrogen-bond acceptors (Lipinski definition) is 5. The van der Waals surface area contributed by atoms with Crippen molar-refractivity contribution < 1.29 is 9.84 Å². The minimum absolute atomic E-state index is 0.274. The Morgan fingerprint density at radius 3 is 1.92 bits per heavy atom. The average Bonchev–Trinajstić information content (AvgIpc) is 2.64. The van der Waals surface area contributed by atoms with E-state index < -0.39 is 0 Å². The van der Waals surface area contributed by atoms with Crippen LogP contribution >= 0.6 is 0 Å². The lowest BCUT2D eigenvalue weighted by Gasteiger charge is -2.11. The van der Waals surface area contributed by atoms with Gasteiger partial charge in [-0.1, -0.05) is 6.42 Å². The molecule has 0 heterocycles. The molecule has 0 aromatic heterocycles. The fraction of sp³-hybridized carbons (Fsp3) is 0.400. The Hall–Kier alpha value is -2.40. The van der Waals surface area contributed by atoms with Crippen molar-refractivity contribution in [2.24, 2.45) is 10.2 Å². The second kappa shape index (κ2) is 10.5. The Labute approximate surface area is 150 Å². The zero-order valence-electron chi connectivity index (χ0n) is 15.1. The summed E-state index contributed by atoms with van der Waals surface area (Å²) in [5, 5.41) is 17.2. The molecule has 2 aromatic rings. The first-order valence-electron chi connectivity index (χ1n) is 8.72. The van der Waals surface area contributed by atoms with E-state index in [1.54, 1.807) is 0 Å². The molecule has 0 fully saturated rings. The van der Waals surface area contributed by atoms with Gasteiger partial charge in [0.1, 0.15) is 5.75 Å². The van der Waals surface area contributed by atoms with Gasteiger partial charge in [0.05, 0.1) is 18.0 Å². The molecule has 0 amide bonds. The summed E-state index contributed by atoms with van der Waals surface area (Å²) in [4.78, 5) is 2.05. The van der Waals surface area contributed by atoms with Crippen LogP contribution in [0.25, 0.3) is 0 Å². The quantitative estimate of drug-likeness (QED) is 0.483. The van der Waals surface area contributed by atoms with E-state index >= 15 is 0 Å². The third-order valence-electron chi connectivity index (χ3n) is 3.80. The van der Waals surface area contributed by atoms with E-state index in [2.05, 4.69) is 10.2 Å². The number of anilines is 1. The monoisotopic (exact) mass is 341 g/mol. The molecule has 0 saturated carbocycles. The SMILES string of the molecule is CN(C)c1ccc(N=Nc2ccc(OCCCCCCO)cc2)cc1. The van der Waals surface area contributed by atoms with Crippen molar-refractivity contribution in [3.8, 4) is 5.75 Å². The number of aliphatic hydroxyl groups excluding tert-OH is 1. The van der Waals surface area contributed by atoms with Gasteiger partial charge in [-0.05, 0) is 67.8 Å². The van der Waals surface area contributed by atoms with Crippen LogP contribution in [0.15, 0.2) is 58.8 Å².